The molecule has 0 saturated carbocycles. The maximum absolute atomic E-state index is 12.8. The van der Waals surface area contributed by atoms with E-state index < -0.39 is 0 Å². The highest BCUT2D eigenvalue weighted by Crippen LogP contribution is 2.30. The Kier molecular flexibility index (Phi) is 8.50. The maximum Gasteiger partial charge on any atom is 0.229 e. The molecule has 2 aliphatic heterocycles. The number of anilines is 2. The largest absolute Gasteiger partial charge is 0.354 e. The van der Waals surface area contributed by atoms with Crippen molar-refractivity contribution in [3.63, 3.8) is 0 Å². The number of hydrogen-bond donors (Lipinski definition) is 1. The predicted octanol–water partition coefficient (Wildman–Crippen LogP) is 4.62. The Hall–Kier alpha value is -2.96. The molecule has 2 amide bonds. The fourth-order valence-corrected chi connectivity index (χ4v) is 5.05. The van der Waals surface area contributed by atoms with Crippen LogP contribution in [0.1, 0.15) is 69.8 Å². The number of carbonyl (C=O) groups excluding carboxylic acids is 2. The monoisotopic (exact) mass is 463 g/mol. The minimum absolute atomic E-state index is 0.0504. The van der Waals surface area contributed by atoms with Gasteiger partial charge in [-0.05, 0) is 61.4 Å². The number of piperidine rings is 1. The van der Waals surface area contributed by atoms with Gasteiger partial charge < -0.3 is 15.1 Å². The van der Waals surface area contributed by atoms with Crippen LogP contribution in [0.5, 0.6) is 0 Å². The zero-order valence-corrected chi connectivity index (χ0v) is 20.3. The van der Waals surface area contributed by atoms with Crippen molar-refractivity contribution >= 4 is 23.3 Å². The second-order valence-electron chi connectivity index (χ2n) is 9.59. The van der Waals surface area contributed by atoms with Crippen molar-refractivity contribution in [2.45, 2.75) is 64.2 Å². The highest BCUT2D eigenvalue weighted by molar-refractivity contribution is 5.93. The Balaban J connectivity index is 1.22. The molecule has 34 heavy (non-hydrogen) atoms. The first-order chi connectivity index (χ1) is 16.6. The Morgan fingerprint density at radius 2 is 1.79 bits per heavy atom. The van der Waals surface area contributed by atoms with Crippen LogP contribution in [-0.2, 0) is 9.59 Å². The highest BCUT2D eigenvalue weighted by Gasteiger charge is 2.29. The first kappa shape index (κ1) is 24.2. The number of rotatable bonds is 9. The molecule has 1 N–H and O–H groups in total. The fourth-order valence-electron chi connectivity index (χ4n) is 5.05. The number of aromatic nitrogens is 2. The van der Waals surface area contributed by atoms with Crippen molar-refractivity contribution in [1.29, 1.82) is 0 Å². The predicted molar refractivity (Wildman–Crippen MR) is 135 cm³/mol. The van der Waals surface area contributed by atoms with Crippen LogP contribution >= 0.6 is 0 Å². The molecule has 2 aliphatic rings. The molecule has 1 aromatic carbocycles. The molecule has 2 aromatic rings. The average molecular weight is 464 g/mol. The fraction of sp³-hybridized carbons (Fsp3) is 0.556. The van der Waals surface area contributed by atoms with Gasteiger partial charge in [-0.2, -0.15) is 5.10 Å². The van der Waals surface area contributed by atoms with E-state index in [9.17, 15) is 9.59 Å². The van der Waals surface area contributed by atoms with Gasteiger partial charge in [-0.3, -0.25) is 9.59 Å². The lowest BCUT2D eigenvalue weighted by molar-refractivity contribution is -0.132. The minimum Gasteiger partial charge on any atom is -0.354 e. The number of amides is 2. The summed E-state index contributed by atoms with van der Waals surface area (Å²) < 4.78 is 0. The summed E-state index contributed by atoms with van der Waals surface area (Å²) in [5.74, 6) is 1.63. The van der Waals surface area contributed by atoms with Gasteiger partial charge in [-0.1, -0.05) is 38.3 Å². The Morgan fingerprint density at radius 3 is 2.50 bits per heavy atom. The van der Waals surface area contributed by atoms with E-state index in [2.05, 4.69) is 39.5 Å². The molecule has 0 radical (unpaired) electrons. The molecule has 4 rings (SSSR count). The van der Waals surface area contributed by atoms with Gasteiger partial charge in [0.25, 0.3) is 0 Å². The molecule has 7 heteroatoms. The van der Waals surface area contributed by atoms with Crippen LogP contribution in [0, 0.1) is 5.92 Å². The van der Waals surface area contributed by atoms with Crippen molar-refractivity contribution in [2.75, 3.05) is 36.4 Å². The lowest BCUT2D eigenvalue weighted by Crippen LogP contribution is -2.37. The molecule has 1 unspecified atom stereocenters. The van der Waals surface area contributed by atoms with Crippen molar-refractivity contribution in [2.24, 2.45) is 5.92 Å². The smallest absolute Gasteiger partial charge is 0.229 e. The summed E-state index contributed by atoms with van der Waals surface area (Å²) in [4.78, 5) is 29.4. The number of unbranched alkanes of at least 4 members (excludes halogenated alkanes) is 3. The molecular weight excluding hydrogens is 426 g/mol. The molecule has 0 aliphatic carbocycles. The molecule has 0 bridgehead atoms. The third-order valence-electron chi connectivity index (χ3n) is 7.18. The van der Waals surface area contributed by atoms with E-state index >= 15 is 0 Å². The second kappa shape index (κ2) is 12.0. The van der Waals surface area contributed by atoms with Crippen LogP contribution in [0.25, 0.3) is 0 Å². The molecule has 0 spiro atoms. The second-order valence-corrected chi connectivity index (χ2v) is 9.59. The van der Waals surface area contributed by atoms with Gasteiger partial charge in [0.05, 0.1) is 5.92 Å². The van der Waals surface area contributed by atoms with Crippen LogP contribution in [0.2, 0.25) is 0 Å². The number of hydrogen-bond acceptors (Lipinski definition) is 5. The van der Waals surface area contributed by atoms with Gasteiger partial charge in [-0.25, -0.2) is 0 Å². The summed E-state index contributed by atoms with van der Waals surface area (Å²) >= 11 is 0. The van der Waals surface area contributed by atoms with Crippen LogP contribution in [0.15, 0.2) is 42.6 Å². The van der Waals surface area contributed by atoms with Crippen LogP contribution < -0.4 is 10.2 Å². The molecule has 3 heterocycles. The Labute approximate surface area is 202 Å². The summed E-state index contributed by atoms with van der Waals surface area (Å²) in [6, 6.07) is 12.1. The van der Waals surface area contributed by atoms with E-state index in [1.54, 1.807) is 6.20 Å². The SMILES string of the molecule is CCCCCCC(=O)N1CCC(c2ccc(NC(=O)C3CCN(c4cccnn4)C3)cc2)CC1. The molecular formula is C27H37N5O2. The molecule has 7 nitrogen and oxygen atoms in total. The third-order valence-corrected chi connectivity index (χ3v) is 7.18. The van der Waals surface area contributed by atoms with Crippen molar-refractivity contribution in [1.82, 2.24) is 15.1 Å². The number of likely N-dealkylation sites (tertiary alicyclic amines) is 1. The summed E-state index contributed by atoms with van der Waals surface area (Å²) in [6.07, 6.45) is 9.76. The van der Waals surface area contributed by atoms with Crippen LogP contribution in [0.4, 0.5) is 11.5 Å². The minimum atomic E-state index is -0.0504. The van der Waals surface area contributed by atoms with E-state index in [1.807, 2.05) is 29.2 Å². The van der Waals surface area contributed by atoms with Crippen molar-refractivity contribution in [3.8, 4) is 0 Å². The van der Waals surface area contributed by atoms with E-state index in [1.165, 1.54) is 18.4 Å². The zero-order valence-electron chi connectivity index (χ0n) is 20.3. The summed E-state index contributed by atoms with van der Waals surface area (Å²) in [5, 5.41) is 11.2. The number of carbonyl (C=O) groups is 2. The number of nitrogens with one attached hydrogen (secondary N) is 1. The maximum atomic E-state index is 12.8. The van der Waals surface area contributed by atoms with E-state index in [-0.39, 0.29) is 11.8 Å². The molecule has 1 atom stereocenters. The number of nitrogens with zero attached hydrogens (tertiary/aromatic N) is 4. The Morgan fingerprint density at radius 1 is 1.00 bits per heavy atom. The van der Waals surface area contributed by atoms with E-state index in [0.29, 0.717) is 24.8 Å². The number of benzene rings is 1. The van der Waals surface area contributed by atoms with Gasteiger partial charge >= 0.3 is 0 Å². The Bertz CT molecular complexity index is 926. The summed E-state index contributed by atoms with van der Waals surface area (Å²) in [6.45, 7) is 5.37. The van der Waals surface area contributed by atoms with Crippen LogP contribution in [0.3, 0.4) is 0 Å². The average Bonchev–Trinajstić information content (AvgIpc) is 3.38. The quantitative estimate of drug-likeness (QED) is 0.549. The van der Waals surface area contributed by atoms with Gasteiger partial charge in [0, 0.05) is 44.5 Å². The van der Waals surface area contributed by atoms with Gasteiger partial charge in [0.15, 0.2) is 5.82 Å². The highest BCUT2D eigenvalue weighted by atomic mass is 16.2. The van der Waals surface area contributed by atoms with E-state index in [0.717, 1.165) is 63.2 Å². The first-order valence-corrected chi connectivity index (χ1v) is 12.8. The first-order valence-electron chi connectivity index (χ1n) is 12.8. The molecule has 182 valence electrons. The van der Waals surface area contributed by atoms with Gasteiger partial charge in [0.2, 0.25) is 11.8 Å². The van der Waals surface area contributed by atoms with Crippen LogP contribution in [-0.4, -0.2) is 53.1 Å². The topological polar surface area (TPSA) is 78.4 Å². The van der Waals surface area contributed by atoms with Gasteiger partial charge in [-0.15, -0.1) is 5.10 Å². The third kappa shape index (κ3) is 6.33. The lowest BCUT2D eigenvalue weighted by atomic mass is 9.89. The van der Waals surface area contributed by atoms with Crippen molar-refractivity contribution < 1.29 is 9.59 Å². The van der Waals surface area contributed by atoms with E-state index in [4.69, 9.17) is 0 Å². The summed E-state index contributed by atoms with van der Waals surface area (Å²) in [7, 11) is 0. The molecule has 2 saturated heterocycles. The molecule has 2 fully saturated rings. The van der Waals surface area contributed by atoms with Gasteiger partial charge in [0.1, 0.15) is 0 Å². The normalized spacial score (nSPS) is 18.8. The molecule has 1 aromatic heterocycles. The summed E-state index contributed by atoms with van der Waals surface area (Å²) in [5.41, 5.74) is 2.13. The van der Waals surface area contributed by atoms with Crippen molar-refractivity contribution in [3.05, 3.63) is 48.2 Å². The zero-order chi connectivity index (χ0) is 23.8. The lowest BCUT2D eigenvalue weighted by Gasteiger charge is -2.32. The standard InChI is InChI=1S/C27H37N5O2/c1-2-3-4-5-8-26(33)31-17-13-22(14-18-31)21-9-11-24(12-10-21)29-27(34)23-15-19-32(20-23)25-7-6-16-28-30-25/h6-7,9-12,16,22-23H,2-5,8,13-15,17-20H2,1H3,(H,29,34).